The maximum absolute atomic E-state index is 5.92. The van der Waals surface area contributed by atoms with E-state index in [9.17, 15) is 0 Å². The quantitative estimate of drug-likeness (QED) is 0.811. The molecule has 0 bridgehead atoms. The van der Waals surface area contributed by atoms with Crippen molar-refractivity contribution in [3.63, 3.8) is 0 Å². The molecular weight excluding hydrogens is 237 g/mol. The smallest absolute Gasteiger partial charge is 0.0551 e. The van der Waals surface area contributed by atoms with Gasteiger partial charge in [0.25, 0.3) is 0 Å². The molecule has 0 atom stereocenters. The molecule has 0 aromatic heterocycles. The first kappa shape index (κ1) is 10.0. The molecule has 0 saturated carbocycles. The molecule has 1 nitrogen and oxygen atoms in total. The summed E-state index contributed by atoms with van der Waals surface area (Å²) < 4.78 is 0.900. The van der Waals surface area contributed by atoms with Gasteiger partial charge in [0.2, 0.25) is 0 Å². The van der Waals surface area contributed by atoms with Crippen LogP contribution in [-0.4, -0.2) is 0 Å². The predicted molar refractivity (Wildman–Crippen MR) is 56.4 cm³/mol. The molecule has 1 aromatic carbocycles. The summed E-state index contributed by atoms with van der Waals surface area (Å²) >= 11 is 9.24. The Balaban J connectivity index is 3.14. The highest BCUT2D eigenvalue weighted by atomic mass is 79.9. The van der Waals surface area contributed by atoms with E-state index in [2.05, 4.69) is 15.9 Å². The van der Waals surface area contributed by atoms with Gasteiger partial charge < -0.3 is 5.73 Å². The summed E-state index contributed by atoms with van der Waals surface area (Å²) in [5, 5.41) is 0.700. The van der Waals surface area contributed by atoms with E-state index < -0.39 is 0 Å². The molecule has 3 heteroatoms. The molecule has 0 aliphatic heterocycles. The first-order valence-corrected chi connectivity index (χ1v) is 4.83. The molecule has 0 aliphatic rings. The molecule has 0 fully saturated rings. The summed E-state index contributed by atoms with van der Waals surface area (Å²) in [5.41, 5.74) is 6.61. The van der Waals surface area contributed by atoms with E-state index in [1.165, 1.54) is 0 Å². The minimum atomic E-state index is -0.329. The molecule has 0 spiro atoms. The normalized spacial score (nSPS) is 11.8. The van der Waals surface area contributed by atoms with Gasteiger partial charge in [-0.2, -0.15) is 0 Å². The monoisotopic (exact) mass is 247 g/mol. The number of rotatable bonds is 1. The zero-order chi connectivity index (χ0) is 9.35. The molecule has 12 heavy (non-hydrogen) atoms. The van der Waals surface area contributed by atoms with Crippen LogP contribution >= 0.6 is 27.5 Å². The van der Waals surface area contributed by atoms with Crippen LogP contribution in [-0.2, 0) is 5.54 Å². The summed E-state index contributed by atoms with van der Waals surface area (Å²) in [7, 11) is 0. The van der Waals surface area contributed by atoms with Crippen LogP contribution in [0.3, 0.4) is 0 Å². The highest BCUT2D eigenvalue weighted by molar-refractivity contribution is 9.10. The molecule has 0 unspecified atom stereocenters. The Labute approximate surface area is 86.0 Å². The van der Waals surface area contributed by atoms with Crippen LogP contribution in [0.5, 0.6) is 0 Å². The number of hydrogen-bond acceptors (Lipinski definition) is 1. The van der Waals surface area contributed by atoms with Crippen LogP contribution in [0.4, 0.5) is 0 Å². The summed E-state index contributed by atoms with van der Waals surface area (Å²) in [5.74, 6) is 0. The number of nitrogens with two attached hydrogens (primary N) is 1. The zero-order valence-corrected chi connectivity index (χ0v) is 9.41. The van der Waals surface area contributed by atoms with Crippen molar-refractivity contribution in [2.45, 2.75) is 19.4 Å². The fourth-order valence-corrected chi connectivity index (χ4v) is 1.32. The molecule has 0 heterocycles. The highest BCUT2D eigenvalue weighted by Gasteiger charge is 2.14. The van der Waals surface area contributed by atoms with Gasteiger partial charge in [-0.1, -0.05) is 17.7 Å². The maximum Gasteiger partial charge on any atom is 0.0551 e. The molecule has 0 radical (unpaired) electrons. The second-order valence-corrected chi connectivity index (χ2v) is 4.61. The van der Waals surface area contributed by atoms with Gasteiger partial charge >= 0.3 is 0 Å². The lowest BCUT2D eigenvalue weighted by molar-refractivity contribution is 0.554. The summed E-state index contributed by atoms with van der Waals surface area (Å²) in [4.78, 5) is 0. The van der Waals surface area contributed by atoms with Gasteiger partial charge in [-0.05, 0) is 47.5 Å². The Morgan fingerprint density at radius 3 is 2.42 bits per heavy atom. The van der Waals surface area contributed by atoms with E-state index in [-0.39, 0.29) is 5.54 Å². The van der Waals surface area contributed by atoms with E-state index in [4.69, 9.17) is 17.3 Å². The lowest BCUT2D eigenvalue weighted by atomic mass is 9.96. The van der Waals surface area contributed by atoms with Crippen molar-refractivity contribution < 1.29 is 0 Å². The lowest BCUT2D eigenvalue weighted by Crippen LogP contribution is -2.28. The van der Waals surface area contributed by atoms with E-state index in [0.717, 1.165) is 10.0 Å². The minimum absolute atomic E-state index is 0.329. The van der Waals surface area contributed by atoms with Crippen LogP contribution < -0.4 is 5.73 Å². The van der Waals surface area contributed by atoms with Gasteiger partial charge in [-0.3, -0.25) is 0 Å². The molecule has 0 amide bonds. The predicted octanol–water partition coefficient (Wildman–Crippen LogP) is 3.30. The van der Waals surface area contributed by atoms with Crippen LogP contribution in [0.25, 0.3) is 0 Å². The van der Waals surface area contributed by atoms with Gasteiger partial charge in [0.05, 0.1) is 5.02 Å². The van der Waals surface area contributed by atoms with Crippen molar-refractivity contribution in [2.24, 2.45) is 5.73 Å². The Bertz CT molecular complexity index is 291. The molecule has 1 rings (SSSR count). The van der Waals surface area contributed by atoms with Crippen LogP contribution in [0.2, 0.25) is 5.02 Å². The number of hydrogen-bond donors (Lipinski definition) is 1. The largest absolute Gasteiger partial charge is 0.322 e. The summed E-state index contributed by atoms with van der Waals surface area (Å²) in [6, 6.07) is 5.76. The first-order valence-electron chi connectivity index (χ1n) is 3.65. The summed E-state index contributed by atoms with van der Waals surface area (Å²) in [6.45, 7) is 3.90. The van der Waals surface area contributed by atoms with Crippen LogP contribution in [0, 0.1) is 0 Å². The second kappa shape index (κ2) is 3.36. The van der Waals surface area contributed by atoms with Crippen molar-refractivity contribution in [2.75, 3.05) is 0 Å². The van der Waals surface area contributed by atoms with Crippen molar-refractivity contribution in [1.82, 2.24) is 0 Å². The Kier molecular flexibility index (Phi) is 2.81. The Morgan fingerprint density at radius 1 is 1.42 bits per heavy atom. The SMILES string of the molecule is CC(C)(N)c1ccc(Br)c(Cl)c1. The average Bonchev–Trinajstić information content (AvgIpc) is 1.92. The molecule has 0 saturated heterocycles. The molecule has 66 valence electrons. The van der Waals surface area contributed by atoms with Gasteiger partial charge in [0.15, 0.2) is 0 Å². The molecule has 2 N–H and O–H groups in total. The third-order valence-electron chi connectivity index (χ3n) is 1.66. The second-order valence-electron chi connectivity index (χ2n) is 3.35. The minimum Gasteiger partial charge on any atom is -0.322 e. The first-order chi connectivity index (χ1) is 5.41. The molecule has 0 aliphatic carbocycles. The molecular formula is C9H11BrClN. The van der Waals surface area contributed by atoms with E-state index in [1.807, 2.05) is 32.0 Å². The zero-order valence-electron chi connectivity index (χ0n) is 7.07. The van der Waals surface area contributed by atoms with Gasteiger partial charge in [-0.25, -0.2) is 0 Å². The third-order valence-corrected chi connectivity index (χ3v) is 2.90. The van der Waals surface area contributed by atoms with Crippen molar-refractivity contribution in [3.05, 3.63) is 33.3 Å². The Morgan fingerprint density at radius 2 is 2.00 bits per heavy atom. The van der Waals surface area contributed by atoms with E-state index >= 15 is 0 Å². The number of benzene rings is 1. The van der Waals surface area contributed by atoms with Gasteiger partial charge in [0, 0.05) is 10.0 Å². The van der Waals surface area contributed by atoms with Crippen molar-refractivity contribution in [3.8, 4) is 0 Å². The van der Waals surface area contributed by atoms with E-state index in [1.54, 1.807) is 0 Å². The number of halogens is 2. The van der Waals surface area contributed by atoms with E-state index in [0.29, 0.717) is 5.02 Å². The average molecular weight is 249 g/mol. The topological polar surface area (TPSA) is 26.0 Å². The van der Waals surface area contributed by atoms with Gasteiger partial charge in [0.1, 0.15) is 0 Å². The molecule has 1 aromatic rings. The van der Waals surface area contributed by atoms with Crippen LogP contribution in [0.1, 0.15) is 19.4 Å². The standard InChI is InChI=1S/C9H11BrClN/c1-9(2,12)6-3-4-7(10)8(11)5-6/h3-5H,12H2,1-2H3. The third kappa shape index (κ3) is 2.22. The Hall–Kier alpha value is -0.0500. The fraction of sp³-hybridized carbons (Fsp3) is 0.333. The lowest BCUT2D eigenvalue weighted by Gasteiger charge is -2.19. The highest BCUT2D eigenvalue weighted by Crippen LogP contribution is 2.27. The summed E-state index contributed by atoms with van der Waals surface area (Å²) in [6.07, 6.45) is 0. The van der Waals surface area contributed by atoms with Crippen LogP contribution in [0.15, 0.2) is 22.7 Å². The van der Waals surface area contributed by atoms with Crippen molar-refractivity contribution >= 4 is 27.5 Å². The van der Waals surface area contributed by atoms with Crippen molar-refractivity contribution in [1.29, 1.82) is 0 Å². The fourth-order valence-electron chi connectivity index (χ4n) is 0.897. The van der Waals surface area contributed by atoms with Gasteiger partial charge in [-0.15, -0.1) is 0 Å². The maximum atomic E-state index is 5.92.